The number of rotatable bonds is 3. The van der Waals surface area contributed by atoms with Crippen molar-refractivity contribution in [3.05, 3.63) is 28.2 Å². The number of imide groups is 1. The van der Waals surface area contributed by atoms with Crippen LogP contribution in [0.2, 0.25) is 10.0 Å². The lowest BCUT2D eigenvalue weighted by atomic mass is 10.00. The molecule has 1 saturated heterocycles. The van der Waals surface area contributed by atoms with Gasteiger partial charge in [-0.2, -0.15) is 0 Å². The number of oxime groups is 1. The minimum atomic E-state index is -1.19. The van der Waals surface area contributed by atoms with Crippen molar-refractivity contribution in [3.63, 3.8) is 0 Å². The smallest absolute Gasteiger partial charge is 0.357 e. The van der Waals surface area contributed by atoms with Crippen molar-refractivity contribution in [2.75, 3.05) is 11.5 Å². The topological polar surface area (TPSA) is 85.3 Å². The standard InChI is InChI=1S/C14H10Cl2N2O5/c1-2-22-14(21)10-9-11(23-17-10)13(20)18(12(9)19)8-4-3-6(15)5-7(8)16/h3-5,9,11H,2H2,1H3/t9-,11-/m0/s1. The van der Waals surface area contributed by atoms with Gasteiger partial charge < -0.3 is 9.57 Å². The Morgan fingerprint density at radius 3 is 2.74 bits per heavy atom. The molecule has 120 valence electrons. The van der Waals surface area contributed by atoms with E-state index in [1.165, 1.54) is 18.2 Å². The van der Waals surface area contributed by atoms with Crippen molar-refractivity contribution in [2.24, 2.45) is 11.1 Å². The normalized spacial score (nSPS) is 22.7. The predicted molar refractivity (Wildman–Crippen MR) is 81.4 cm³/mol. The quantitative estimate of drug-likeness (QED) is 0.608. The maximum Gasteiger partial charge on any atom is 0.357 e. The van der Waals surface area contributed by atoms with Gasteiger partial charge in [0.15, 0.2) is 5.71 Å². The summed E-state index contributed by atoms with van der Waals surface area (Å²) in [5.41, 5.74) is -0.0462. The number of hydrogen-bond donors (Lipinski definition) is 0. The maximum absolute atomic E-state index is 12.6. The molecule has 3 rings (SSSR count). The Kier molecular flexibility index (Phi) is 3.99. The van der Waals surface area contributed by atoms with Crippen LogP contribution in [0.25, 0.3) is 0 Å². The summed E-state index contributed by atoms with van der Waals surface area (Å²) in [4.78, 5) is 42.7. The van der Waals surface area contributed by atoms with Crippen molar-refractivity contribution < 1.29 is 24.0 Å². The van der Waals surface area contributed by atoms with Gasteiger partial charge in [-0.3, -0.25) is 9.59 Å². The average molecular weight is 357 g/mol. The molecule has 1 fully saturated rings. The van der Waals surface area contributed by atoms with Crippen LogP contribution >= 0.6 is 23.2 Å². The van der Waals surface area contributed by atoms with E-state index in [1.54, 1.807) is 6.92 Å². The van der Waals surface area contributed by atoms with E-state index in [4.69, 9.17) is 32.8 Å². The Balaban J connectivity index is 1.95. The molecule has 0 spiro atoms. The third-order valence-electron chi connectivity index (χ3n) is 3.45. The van der Waals surface area contributed by atoms with E-state index in [2.05, 4.69) is 5.16 Å². The largest absolute Gasteiger partial charge is 0.461 e. The van der Waals surface area contributed by atoms with Crippen LogP contribution in [-0.4, -0.2) is 36.2 Å². The minimum absolute atomic E-state index is 0.115. The van der Waals surface area contributed by atoms with Crippen LogP contribution in [0.4, 0.5) is 5.69 Å². The van der Waals surface area contributed by atoms with E-state index in [9.17, 15) is 14.4 Å². The molecule has 9 heteroatoms. The molecule has 0 radical (unpaired) electrons. The van der Waals surface area contributed by atoms with Gasteiger partial charge in [0.05, 0.1) is 17.3 Å². The number of ether oxygens (including phenoxy) is 1. The second-order valence-corrected chi connectivity index (χ2v) is 5.65. The number of carbonyl (C=O) groups is 3. The zero-order valence-corrected chi connectivity index (χ0v) is 13.3. The van der Waals surface area contributed by atoms with Gasteiger partial charge in [0, 0.05) is 5.02 Å². The SMILES string of the molecule is CCOC(=O)C1=NO[C@@H]2C(=O)N(c3ccc(Cl)cc3Cl)C(=O)[C@@H]12. The van der Waals surface area contributed by atoms with Gasteiger partial charge in [0.1, 0.15) is 5.92 Å². The van der Waals surface area contributed by atoms with Gasteiger partial charge in [-0.25, -0.2) is 9.69 Å². The van der Waals surface area contributed by atoms with Gasteiger partial charge in [-0.1, -0.05) is 28.4 Å². The van der Waals surface area contributed by atoms with Crippen LogP contribution in [0.5, 0.6) is 0 Å². The number of benzene rings is 1. The van der Waals surface area contributed by atoms with E-state index in [0.29, 0.717) is 5.02 Å². The molecule has 1 aromatic rings. The Morgan fingerprint density at radius 2 is 2.09 bits per heavy atom. The second kappa shape index (κ2) is 5.82. The predicted octanol–water partition coefficient (Wildman–Crippen LogP) is 1.80. The molecule has 2 aliphatic heterocycles. The van der Waals surface area contributed by atoms with Gasteiger partial charge in [0.25, 0.3) is 5.91 Å². The highest BCUT2D eigenvalue weighted by Gasteiger charge is 2.58. The van der Waals surface area contributed by atoms with Crippen molar-refractivity contribution >= 4 is 52.4 Å². The molecule has 2 atom stereocenters. The van der Waals surface area contributed by atoms with E-state index >= 15 is 0 Å². The number of esters is 1. The highest BCUT2D eigenvalue weighted by atomic mass is 35.5. The van der Waals surface area contributed by atoms with Gasteiger partial charge in [0.2, 0.25) is 12.0 Å². The molecule has 0 N–H and O–H groups in total. The fourth-order valence-corrected chi connectivity index (χ4v) is 2.95. The van der Waals surface area contributed by atoms with Crippen LogP contribution in [0.1, 0.15) is 6.92 Å². The Hall–Kier alpha value is -2.12. The molecule has 7 nitrogen and oxygen atoms in total. The first-order valence-corrected chi connectivity index (χ1v) is 7.45. The molecule has 0 aliphatic carbocycles. The van der Waals surface area contributed by atoms with Crippen LogP contribution in [0.3, 0.4) is 0 Å². The molecule has 2 aliphatic rings. The van der Waals surface area contributed by atoms with Crippen LogP contribution in [-0.2, 0) is 24.0 Å². The van der Waals surface area contributed by atoms with E-state index in [-0.39, 0.29) is 23.0 Å². The molecular weight excluding hydrogens is 347 g/mol. The first-order chi connectivity index (χ1) is 11.0. The zero-order valence-electron chi connectivity index (χ0n) is 11.8. The third kappa shape index (κ3) is 2.46. The zero-order chi connectivity index (χ0) is 16.7. The molecule has 2 amide bonds. The number of anilines is 1. The number of nitrogens with zero attached hydrogens (tertiary/aromatic N) is 2. The average Bonchev–Trinajstić information content (AvgIpc) is 3.02. The van der Waals surface area contributed by atoms with Crippen LogP contribution < -0.4 is 4.90 Å². The number of fused-ring (bicyclic) bond motifs is 1. The van der Waals surface area contributed by atoms with E-state index < -0.39 is 29.8 Å². The summed E-state index contributed by atoms with van der Waals surface area (Å²) >= 11 is 11.9. The van der Waals surface area contributed by atoms with E-state index in [1.807, 2.05) is 0 Å². The summed E-state index contributed by atoms with van der Waals surface area (Å²) in [6, 6.07) is 4.36. The molecule has 0 bridgehead atoms. The summed E-state index contributed by atoms with van der Waals surface area (Å²) in [5.74, 6) is -3.21. The summed E-state index contributed by atoms with van der Waals surface area (Å²) in [6.45, 7) is 1.73. The summed E-state index contributed by atoms with van der Waals surface area (Å²) < 4.78 is 4.82. The van der Waals surface area contributed by atoms with E-state index in [0.717, 1.165) is 4.90 Å². The highest BCUT2D eigenvalue weighted by molar-refractivity contribution is 6.47. The van der Waals surface area contributed by atoms with Crippen LogP contribution in [0.15, 0.2) is 23.4 Å². The number of halogens is 2. The molecule has 23 heavy (non-hydrogen) atoms. The Labute approximate surface area is 140 Å². The third-order valence-corrected chi connectivity index (χ3v) is 3.99. The fraction of sp³-hybridized carbons (Fsp3) is 0.286. The lowest BCUT2D eigenvalue weighted by Crippen LogP contribution is -2.35. The second-order valence-electron chi connectivity index (χ2n) is 4.81. The minimum Gasteiger partial charge on any atom is -0.461 e. The molecule has 0 saturated carbocycles. The van der Waals surface area contributed by atoms with Gasteiger partial charge >= 0.3 is 5.97 Å². The maximum atomic E-state index is 12.6. The van der Waals surface area contributed by atoms with Crippen molar-refractivity contribution in [1.29, 1.82) is 0 Å². The van der Waals surface area contributed by atoms with Crippen molar-refractivity contribution in [1.82, 2.24) is 0 Å². The first-order valence-electron chi connectivity index (χ1n) is 6.69. The number of amides is 2. The lowest BCUT2D eigenvalue weighted by molar-refractivity contribution is -0.136. The number of carbonyl (C=O) groups excluding carboxylic acids is 3. The molecule has 0 aromatic heterocycles. The fourth-order valence-electron chi connectivity index (χ4n) is 2.45. The summed E-state index contributed by atoms with van der Waals surface area (Å²) in [5, 5.41) is 4.02. The molecule has 1 aromatic carbocycles. The number of hydrogen-bond acceptors (Lipinski definition) is 6. The molecular formula is C14H10Cl2N2O5. The monoisotopic (exact) mass is 356 g/mol. The Bertz CT molecular complexity index is 749. The summed E-state index contributed by atoms with van der Waals surface area (Å²) in [6.07, 6.45) is -1.19. The van der Waals surface area contributed by atoms with Crippen molar-refractivity contribution in [2.45, 2.75) is 13.0 Å². The van der Waals surface area contributed by atoms with Gasteiger partial charge in [-0.05, 0) is 25.1 Å². The Morgan fingerprint density at radius 1 is 1.35 bits per heavy atom. The van der Waals surface area contributed by atoms with Gasteiger partial charge in [-0.15, -0.1) is 0 Å². The first kappa shape index (κ1) is 15.8. The summed E-state index contributed by atoms with van der Waals surface area (Å²) in [7, 11) is 0. The molecule has 2 heterocycles. The van der Waals surface area contributed by atoms with Crippen molar-refractivity contribution in [3.8, 4) is 0 Å². The van der Waals surface area contributed by atoms with Crippen LogP contribution in [0, 0.1) is 5.92 Å². The lowest BCUT2D eigenvalue weighted by Gasteiger charge is -2.16. The molecule has 0 unspecified atom stereocenters. The highest BCUT2D eigenvalue weighted by Crippen LogP contribution is 2.37.